The van der Waals surface area contributed by atoms with E-state index in [4.69, 9.17) is 0 Å². The van der Waals surface area contributed by atoms with E-state index in [-0.39, 0.29) is 6.61 Å². The Kier molecular flexibility index (Phi) is 5.59. The molecular formula is C9H15NO3. The Morgan fingerprint density at radius 3 is 2.31 bits per heavy atom. The highest BCUT2D eigenvalue weighted by Gasteiger charge is 2.19. The smallest absolute Gasteiger partial charge is 0.397 e. The lowest BCUT2D eigenvalue weighted by atomic mass is 10.4. The number of nitrogens with zero attached hydrogens (tertiary/aromatic N) is 1. The number of hydrogen-bond donors (Lipinski definition) is 0. The first-order chi connectivity index (χ1) is 6.17. The fraction of sp³-hybridized carbons (Fsp3) is 0.556. The van der Waals surface area contributed by atoms with Gasteiger partial charge in [-0.05, 0) is 13.8 Å². The van der Waals surface area contributed by atoms with Crippen molar-refractivity contribution in [3.8, 4) is 0 Å². The second-order valence-electron chi connectivity index (χ2n) is 2.36. The van der Waals surface area contributed by atoms with Crippen molar-refractivity contribution in [3.05, 3.63) is 12.7 Å². The van der Waals surface area contributed by atoms with E-state index < -0.39 is 11.9 Å². The van der Waals surface area contributed by atoms with E-state index in [1.807, 2.05) is 13.8 Å². The van der Waals surface area contributed by atoms with E-state index in [2.05, 4.69) is 11.3 Å². The normalized spacial score (nSPS) is 9.08. The fourth-order valence-electron chi connectivity index (χ4n) is 0.836. The first-order valence-electron chi connectivity index (χ1n) is 4.24. The summed E-state index contributed by atoms with van der Waals surface area (Å²) in [5.41, 5.74) is 0. The van der Waals surface area contributed by atoms with Crippen LogP contribution in [0.1, 0.15) is 13.8 Å². The molecular weight excluding hydrogens is 170 g/mol. The van der Waals surface area contributed by atoms with Crippen LogP contribution in [0.5, 0.6) is 0 Å². The number of likely N-dealkylation sites (N-methyl/N-ethyl adjacent to an activating group) is 1. The van der Waals surface area contributed by atoms with Crippen LogP contribution in [0.2, 0.25) is 0 Å². The van der Waals surface area contributed by atoms with Crippen molar-refractivity contribution >= 4 is 11.9 Å². The van der Waals surface area contributed by atoms with Gasteiger partial charge in [0.25, 0.3) is 0 Å². The van der Waals surface area contributed by atoms with Crippen LogP contribution in [0.15, 0.2) is 12.7 Å². The lowest BCUT2D eigenvalue weighted by Crippen LogP contribution is -2.37. The third-order valence-electron chi connectivity index (χ3n) is 1.56. The van der Waals surface area contributed by atoms with Crippen molar-refractivity contribution in [2.75, 3.05) is 19.7 Å². The molecule has 0 spiro atoms. The van der Waals surface area contributed by atoms with Gasteiger partial charge in [0, 0.05) is 13.1 Å². The Bertz CT molecular complexity index is 197. The second kappa shape index (κ2) is 6.22. The zero-order valence-electron chi connectivity index (χ0n) is 8.08. The Morgan fingerprint density at radius 1 is 1.38 bits per heavy atom. The number of amides is 1. The van der Waals surface area contributed by atoms with Gasteiger partial charge in [0.05, 0.1) is 0 Å². The van der Waals surface area contributed by atoms with Gasteiger partial charge in [-0.25, -0.2) is 4.79 Å². The molecule has 0 unspecified atom stereocenters. The highest BCUT2D eigenvalue weighted by molar-refractivity contribution is 6.32. The molecule has 0 aromatic carbocycles. The summed E-state index contributed by atoms with van der Waals surface area (Å²) >= 11 is 0. The molecule has 0 rings (SSSR count). The maximum atomic E-state index is 11.2. The molecule has 4 heteroatoms. The molecule has 1 amide bonds. The molecule has 0 radical (unpaired) electrons. The summed E-state index contributed by atoms with van der Waals surface area (Å²) in [6, 6.07) is 0. The lowest BCUT2D eigenvalue weighted by molar-refractivity contribution is -0.159. The summed E-state index contributed by atoms with van der Waals surface area (Å²) in [5.74, 6) is -1.41. The predicted octanol–water partition coefficient (Wildman–Crippen LogP) is 0.584. The topological polar surface area (TPSA) is 46.6 Å². The SMILES string of the molecule is C=CCOC(=O)C(=O)N(CC)CC. The number of rotatable bonds is 4. The van der Waals surface area contributed by atoms with E-state index in [9.17, 15) is 9.59 Å². The Hall–Kier alpha value is -1.32. The van der Waals surface area contributed by atoms with Crippen LogP contribution in [0, 0.1) is 0 Å². The van der Waals surface area contributed by atoms with Gasteiger partial charge in [-0.2, -0.15) is 0 Å². The highest BCUT2D eigenvalue weighted by Crippen LogP contribution is 1.91. The number of carbonyl (C=O) groups excluding carboxylic acids is 2. The Labute approximate surface area is 78.2 Å². The average Bonchev–Trinajstić information content (AvgIpc) is 2.15. The fourth-order valence-corrected chi connectivity index (χ4v) is 0.836. The van der Waals surface area contributed by atoms with Gasteiger partial charge in [-0.1, -0.05) is 12.7 Å². The molecule has 0 aliphatic heterocycles. The van der Waals surface area contributed by atoms with Crippen LogP contribution in [-0.2, 0) is 14.3 Å². The van der Waals surface area contributed by atoms with Crippen molar-refractivity contribution in [2.24, 2.45) is 0 Å². The monoisotopic (exact) mass is 185 g/mol. The molecule has 74 valence electrons. The predicted molar refractivity (Wildman–Crippen MR) is 49.1 cm³/mol. The van der Waals surface area contributed by atoms with Crippen LogP contribution < -0.4 is 0 Å². The molecule has 0 saturated heterocycles. The van der Waals surface area contributed by atoms with Crippen molar-refractivity contribution in [1.82, 2.24) is 4.90 Å². The third-order valence-corrected chi connectivity index (χ3v) is 1.56. The van der Waals surface area contributed by atoms with Gasteiger partial charge < -0.3 is 9.64 Å². The van der Waals surface area contributed by atoms with Gasteiger partial charge in [-0.15, -0.1) is 0 Å². The molecule has 0 aromatic rings. The van der Waals surface area contributed by atoms with E-state index >= 15 is 0 Å². The quantitative estimate of drug-likeness (QED) is 0.366. The zero-order chi connectivity index (χ0) is 10.3. The maximum Gasteiger partial charge on any atom is 0.397 e. The lowest BCUT2D eigenvalue weighted by Gasteiger charge is -2.16. The van der Waals surface area contributed by atoms with Gasteiger partial charge in [0.1, 0.15) is 6.61 Å². The minimum Gasteiger partial charge on any atom is -0.454 e. The number of hydrogen-bond acceptors (Lipinski definition) is 3. The van der Waals surface area contributed by atoms with Crippen molar-refractivity contribution < 1.29 is 14.3 Å². The molecule has 0 aliphatic carbocycles. The standard InChI is InChI=1S/C9H15NO3/c1-4-7-13-9(12)8(11)10(5-2)6-3/h4H,1,5-7H2,2-3H3. The summed E-state index contributed by atoms with van der Waals surface area (Å²) in [6.07, 6.45) is 1.42. The van der Waals surface area contributed by atoms with Crippen molar-refractivity contribution in [2.45, 2.75) is 13.8 Å². The van der Waals surface area contributed by atoms with Crippen LogP contribution in [0.3, 0.4) is 0 Å². The molecule has 0 fully saturated rings. The van der Waals surface area contributed by atoms with Crippen LogP contribution in [-0.4, -0.2) is 36.5 Å². The molecule has 0 atom stereocenters. The molecule has 13 heavy (non-hydrogen) atoms. The van der Waals surface area contributed by atoms with Gasteiger partial charge in [0.15, 0.2) is 0 Å². The van der Waals surface area contributed by atoms with E-state index in [1.165, 1.54) is 11.0 Å². The van der Waals surface area contributed by atoms with E-state index in [0.717, 1.165) is 0 Å². The van der Waals surface area contributed by atoms with Crippen molar-refractivity contribution in [3.63, 3.8) is 0 Å². The minimum absolute atomic E-state index is 0.0752. The van der Waals surface area contributed by atoms with E-state index in [0.29, 0.717) is 13.1 Å². The zero-order valence-corrected chi connectivity index (χ0v) is 8.08. The molecule has 0 bridgehead atoms. The first-order valence-corrected chi connectivity index (χ1v) is 4.24. The highest BCUT2D eigenvalue weighted by atomic mass is 16.5. The second-order valence-corrected chi connectivity index (χ2v) is 2.36. The van der Waals surface area contributed by atoms with Gasteiger partial charge >= 0.3 is 11.9 Å². The molecule has 0 aromatic heterocycles. The summed E-state index contributed by atoms with van der Waals surface area (Å²) in [4.78, 5) is 23.6. The van der Waals surface area contributed by atoms with Gasteiger partial charge in [0.2, 0.25) is 0 Å². The van der Waals surface area contributed by atoms with Crippen molar-refractivity contribution in [1.29, 1.82) is 0 Å². The maximum absolute atomic E-state index is 11.2. The molecule has 4 nitrogen and oxygen atoms in total. The number of ether oxygens (including phenoxy) is 1. The first kappa shape index (κ1) is 11.7. The summed E-state index contributed by atoms with van der Waals surface area (Å²) in [5, 5.41) is 0. The Morgan fingerprint density at radius 2 is 1.92 bits per heavy atom. The molecule has 0 saturated carbocycles. The largest absolute Gasteiger partial charge is 0.454 e. The van der Waals surface area contributed by atoms with Crippen LogP contribution in [0.4, 0.5) is 0 Å². The van der Waals surface area contributed by atoms with Gasteiger partial charge in [-0.3, -0.25) is 4.79 Å². The van der Waals surface area contributed by atoms with Crippen LogP contribution >= 0.6 is 0 Å². The molecule has 0 heterocycles. The minimum atomic E-state index is -0.816. The summed E-state index contributed by atoms with van der Waals surface area (Å²) in [7, 11) is 0. The summed E-state index contributed by atoms with van der Waals surface area (Å²) < 4.78 is 4.59. The molecule has 0 aliphatic rings. The average molecular weight is 185 g/mol. The Balaban J connectivity index is 4.07. The number of carbonyl (C=O) groups is 2. The molecule has 0 N–H and O–H groups in total. The van der Waals surface area contributed by atoms with E-state index in [1.54, 1.807) is 0 Å². The number of esters is 1. The van der Waals surface area contributed by atoms with Crippen LogP contribution in [0.25, 0.3) is 0 Å². The summed E-state index contributed by atoms with van der Waals surface area (Å²) in [6.45, 7) is 8.09. The third kappa shape index (κ3) is 3.73.